The monoisotopic (exact) mass is 241 g/mol. The molecule has 1 aliphatic heterocycles. The van der Waals surface area contributed by atoms with Gasteiger partial charge in [0.15, 0.2) is 0 Å². The molecule has 0 spiro atoms. The number of piperidine rings is 1. The highest BCUT2D eigenvalue weighted by Gasteiger charge is 2.28. The number of carbonyl (C=O) groups excluding carboxylic acids is 1. The fraction of sp³-hybridized carbons (Fsp3) is 0.923. The van der Waals surface area contributed by atoms with E-state index in [0.717, 1.165) is 13.0 Å². The number of nitrogens with two attached hydrogens (primary N) is 1. The Kier molecular flexibility index (Phi) is 6.52. The van der Waals surface area contributed by atoms with E-state index in [1.165, 1.54) is 19.3 Å². The number of nitrogens with zero attached hydrogens (tertiary/aromatic N) is 1. The number of hydrogen-bond acceptors (Lipinski definition) is 3. The van der Waals surface area contributed by atoms with Crippen molar-refractivity contribution < 1.29 is 4.79 Å². The van der Waals surface area contributed by atoms with Gasteiger partial charge >= 0.3 is 0 Å². The van der Waals surface area contributed by atoms with Gasteiger partial charge in [0.2, 0.25) is 5.91 Å². The third-order valence-corrected chi connectivity index (χ3v) is 3.68. The summed E-state index contributed by atoms with van der Waals surface area (Å²) in [5.41, 5.74) is 5.84. The van der Waals surface area contributed by atoms with Crippen LogP contribution in [-0.2, 0) is 4.79 Å². The quantitative estimate of drug-likeness (QED) is 0.732. The van der Waals surface area contributed by atoms with Crippen molar-refractivity contribution in [2.45, 2.75) is 58.0 Å². The van der Waals surface area contributed by atoms with Crippen LogP contribution in [0.3, 0.4) is 0 Å². The number of rotatable bonds is 6. The zero-order valence-electron chi connectivity index (χ0n) is 11.2. The van der Waals surface area contributed by atoms with Gasteiger partial charge in [-0.15, -0.1) is 0 Å². The molecule has 17 heavy (non-hydrogen) atoms. The van der Waals surface area contributed by atoms with Gasteiger partial charge < -0.3 is 11.1 Å². The molecular formula is C13H27N3O. The van der Waals surface area contributed by atoms with E-state index in [2.05, 4.69) is 17.1 Å². The molecule has 0 radical (unpaired) electrons. The maximum absolute atomic E-state index is 11.7. The average Bonchev–Trinajstić information content (AvgIpc) is 2.36. The molecule has 3 N–H and O–H groups in total. The van der Waals surface area contributed by atoms with Crippen LogP contribution in [0.2, 0.25) is 0 Å². The molecule has 0 aliphatic carbocycles. The van der Waals surface area contributed by atoms with Crippen LogP contribution < -0.4 is 11.1 Å². The fourth-order valence-electron chi connectivity index (χ4n) is 2.76. The van der Waals surface area contributed by atoms with Crippen molar-refractivity contribution in [3.8, 4) is 0 Å². The molecule has 1 heterocycles. The van der Waals surface area contributed by atoms with Crippen LogP contribution in [0.15, 0.2) is 0 Å². The summed E-state index contributed by atoms with van der Waals surface area (Å²) in [6.45, 7) is 6.55. The third-order valence-electron chi connectivity index (χ3n) is 3.68. The zero-order valence-corrected chi connectivity index (χ0v) is 11.2. The first kappa shape index (κ1) is 14.5. The van der Waals surface area contributed by atoms with Crippen molar-refractivity contribution >= 4 is 5.91 Å². The zero-order chi connectivity index (χ0) is 12.7. The third kappa shape index (κ3) is 4.28. The molecule has 4 heteroatoms. The Hall–Kier alpha value is -0.610. The van der Waals surface area contributed by atoms with Crippen LogP contribution in [0.4, 0.5) is 0 Å². The molecule has 0 bridgehead atoms. The predicted molar refractivity (Wildman–Crippen MR) is 70.8 cm³/mol. The van der Waals surface area contributed by atoms with Gasteiger partial charge in [0.1, 0.15) is 0 Å². The minimum absolute atomic E-state index is 0.128. The van der Waals surface area contributed by atoms with E-state index >= 15 is 0 Å². The number of nitrogens with one attached hydrogen (secondary N) is 1. The molecule has 0 saturated carbocycles. The van der Waals surface area contributed by atoms with Crippen LogP contribution in [0, 0.1) is 0 Å². The van der Waals surface area contributed by atoms with E-state index in [0.29, 0.717) is 25.6 Å². The van der Waals surface area contributed by atoms with Crippen molar-refractivity contribution in [1.82, 2.24) is 10.2 Å². The van der Waals surface area contributed by atoms with Gasteiger partial charge in [0, 0.05) is 31.6 Å². The van der Waals surface area contributed by atoms with Crippen molar-refractivity contribution in [2.24, 2.45) is 5.73 Å². The Bertz CT molecular complexity index is 233. The van der Waals surface area contributed by atoms with Gasteiger partial charge in [-0.25, -0.2) is 0 Å². The normalized spacial score (nSPS) is 23.4. The molecule has 1 fully saturated rings. The molecule has 1 rings (SSSR count). The van der Waals surface area contributed by atoms with Crippen molar-refractivity contribution in [1.29, 1.82) is 0 Å². The largest absolute Gasteiger partial charge is 0.356 e. The first-order valence-electron chi connectivity index (χ1n) is 6.95. The van der Waals surface area contributed by atoms with Gasteiger partial charge in [-0.2, -0.15) is 0 Å². The van der Waals surface area contributed by atoms with Crippen molar-refractivity contribution in [3.63, 3.8) is 0 Å². The van der Waals surface area contributed by atoms with E-state index in [4.69, 9.17) is 5.73 Å². The Balaban J connectivity index is 2.54. The van der Waals surface area contributed by atoms with Crippen LogP contribution in [0.1, 0.15) is 46.0 Å². The van der Waals surface area contributed by atoms with Gasteiger partial charge in [-0.1, -0.05) is 13.3 Å². The molecule has 1 saturated heterocycles. The maximum Gasteiger partial charge on any atom is 0.221 e. The molecule has 2 atom stereocenters. The Morgan fingerprint density at radius 3 is 2.82 bits per heavy atom. The summed E-state index contributed by atoms with van der Waals surface area (Å²) in [4.78, 5) is 14.1. The van der Waals surface area contributed by atoms with Crippen LogP contribution >= 0.6 is 0 Å². The minimum atomic E-state index is 0.128. The maximum atomic E-state index is 11.7. The van der Waals surface area contributed by atoms with E-state index in [1.807, 2.05) is 6.92 Å². The van der Waals surface area contributed by atoms with E-state index < -0.39 is 0 Å². The highest BCUT2D eigenvalue weighted by atomic mass is 16.1. The summed E-state index contributed by atoms with van der Waals surface area (Å²) in [6.07, 6.45) is 5.50. The Morgan fingerprint density at radius 2 is 2.24 bits per heavy atom. The first-order valence-corrected chi connectivity index (χ1v) is 6.95. The summed E-state index contributed by atoms with van der Waals surface area (Å²) >= 11 is 0. The van der Waals surface area contributed by atoms with Crippen LogP contribution in [-0.4, -0.2) is 42.5 Å². The van der Waals surface area contributed by atoms with Gasteiger partial charge in [0.25, 0.3) is 0 Å². The summed E-state index contributed by atoms with van der Waals surface area (Å²) in [5, 5.41) is 2.86. The predicted octanol–water partition coefficient (Wildman–Crippen LogP) is 1.10. The lowest BCUT2D eigenvalue weighted by molar-refractivity contribution is -0.122. The molecule has 2 unspecified atom stereocenters. The Labute approximate surface area is 105 Å². The molecule has 4 nitrogen and oxygen atoms in total. The number of hydrogen-bond donors (Lipinski definition) is 2. The van der Waals surface area contributed by atoms with Gasteiger partial charge in [-0.3, -0.25) is 9.69 Å². The minimum Gasteiger partial charge on any atom is -0.356 e. The second kappa shape index (κ2) is 7.67. The van der Waals surface area contributed by atoms with Gasteiger partial charge in [0.05, 0.1) is 0 Å². The Morgan fingerprint density at radius 1 is 1.47 bits per heavy atom. The molecule has 1 aliphatic rings. The lowest BCUT2D eigenvalue weighted by Crippen LogP contribution is -2.50. The molecule has 1 amide bonds. The number of amides is 1. The van der Waals surface area contributed by atoms with E-state index in [9.17, 15) is 4.79 Å². The fourth-order valence-corrected chi connectivity index (χ4v) is 2.76. The second-order valence-corrected chi connectivity index (χ2v) is 4.84. The molecular weight excluding hydrogens is 214 g/mol. The summed E-state index contributed by atoms with van der Waals surface area (Å²) in [6, 6.07) is 0.832. The SMILES string of the molecule is CCNC(=O)CC(CN)N1CCCCC1CC. The number of carbonyl (C=O) groups is 1. The topological polar surface area (TPSA) is 58.4 Å². The average molecular weight is 241 g/mol. The summed E-state index contributed by atoms with van der Waals surface area (Å²) in [5.74, 6) is 0.128. The van der Waals surface area contributed by atoms with E-state index in [1.54, 1.807) is 0 Å². The highest BCUT2D eigenvalue weighted by molar-refractivity contribution is 5.76. The second-order valence-electron chi connectivity index (χ2n) is 4.84. The van der Waals surface area contributed by atoms with Crippen molar-refractivity contribution in [3.05, 3.63) is 0 Å². The van der Waals surface area contributed by atoms with Crippen LogP contribution in [0.25, 0.3) is 0 Å². The lowest BCUT2D eigenvalue weighted by Gasteiger charge is -2.40. The summed E-state index contributed by atoms with van der Waals surface area (Å²) in [7, 11) is 0. The molecule has 0 aromatic carbocycles. The number of likely N-dealkylation sites (tertiary alicyclic amines) is 1. The van der Waals surface area contributed by atoms with Crippen LogP contribution in [0.5, 0.6) is 0 Å². The standard InChI is InChI=1S/C13H27N3O/c1-3-11-7-5-6-8-16(11)12(10-14)9-13(17)15-4-2/h11-12H,3-10,14H2,1-2H3,(H,15,17). The van der Waals surface area contributed by atoms with Crippen molar-refractivity contribution in [2.75, 3.05) is 19.6 Å². The molecule has 100 valence electrons. The van der Waals surface area contributed by atoms with E-state index in [-0.39, 0.29) is 11.9 Å². The first-order chi connectivity index (χ1) is 8.22. The van der Waals surface area contributed by atoms with Gasteiger partial charge in [-0.05, 0) is 32.7 Å². The molecule has 0 aromatic rings. The smallest absolute Gasteiger partial charge is 0.221 e. The molecule has 0 aromatic heterocycles. The lowest BCUT2D eigenvalue weighted by atomic mass is 9.96. The highest BCUT2D eigenvalue weighted by Crippen LogP contribution is 2.22. The summed E-state index contributed by atoms with van der Waals surface area (Å²) < 4.78 is 0.